The third kappa shape index (κ3) is 3.90. The second kappa shape index (κ2) is 7.71. The minimum absolute atomic E-state index is 0.0259. The van der Waals surface area contributed by atoms with Crippen molar-refractivity contribution in [2.45, 2.75) is 32.2 Å². The van der Waals surface area contributed by atoms with Gasteiger partial charge in [0.05, 0.1) is 6.42 Å². The summed E-state index contributed by atoms with van der Waals surface area (Å²) in [5, 5.41) is 3.65. The number of anilines is 1. The highest BCUT2D eigenvalue weighted by Crippen LogP contribution is 2.31. The molecule has 24 heavy (non-hydrogen) atoms. The van der Waals surface area contributed by atoms with E-state index in [1.807, 2.05) is 24.3 Å². The van der Waals surface area contributed by atoms with Crippen LogP contribution in [0.4, 0.5) is 5.69 Å². The number of para-hydroxylation sites is 1. The molecule has 0 saturated carbocycles. The van der Waals surface area contributed by atoms with Crippen LogP contribution in [0, 0.1) is 0 Å². The largest absolute Gasteiger partial charge is 0.368 e. The van der Waals surface area contributed by atoms with Crippen LogP contribution in [0.15, 0.2) is 48.5 Å². The molecule has 3 rings (SSSR count). The molecule has 0 aromatic heterocycles. The van der Waals surface area contributed by atoms with E-state index < -0.39 is 0 Å². The zero-order valence-electron chi connectivity index (χ0n) is 14.0. The van der Waals surface area contributed by atoms with Gasteiger partial charge in [0.1, 0.15) is 0 Å². The van der Waals surface area contributed by atoms with Gasteiger partial charge in [-0.3, -0.25) is 4.79 Å². The lowest BCUT2D eigenvalue weighted by Crippen LogP contribution is -2.33. The van der Waals surface area contributed by atoms with E-state index in [9.17, 15) is 4.79 Å². The lowest BCUT2D eigenvalue weighted by molar-refractivity contribution is -0.120. The molecule has 2 aromatic rings. The highest BCUT2D eigenvalue weighted by Gasteiger charge is 2.24. The molecular formula is C20H23ClN2O. The summed E-state index contributed by atoms with van der Waals surface area (Å²) in [4.78, 5) is 14.5. The van der Waals surface area contributed by atoms with E-state index in [0.29, 0.717) is 24.0 Å². The number of hydrogen-bond donors (Lipinski definition) is 1. The second-order valence-electron chi connectivity index (χ2n) is 6.35. The van der Waals surface area contributed by atoms with Gasteiger partial charge in [-0.15, -0.1) is 0 Å². The van der Waals surface area contributed by atoms with Crippen molar-refractivity contribution in [2.24, 2.45) is 0 Å². The molecule has 0 radical (unpaired) electrons. The van der Waals surface area contributed by atoms with Crippen molar-refractivity contribution in [3.63, 3.8) is 0 Å². The fourth-order valence-corrected chi connectivity index (χ4v) is 3.53. The predicted molar refractivity (Wildman–Crippen MR) is 99.7 cm³/mol. The van der Waals surface area contributed by atoms with Crippen LogP contribution < -0.4 is 10.2 Å². The number of benzene rings is 2. The molecule has 1 amide bonds. The molecule has 0 bridgehead atoms. The molecule has 3 nitrogen and oxygen atoms in total. The summed E-state index contributed by atoms with van der Waals surface area (Å²) in [6.07, 6.45) is 2.38. The van der Waals surface area contributed by atoms with E-state index >= 15 is 0 Å². The molecular weight excluding hydrogens is 320 g/mol. The normalized spacial score (nSPS) is 16.1. The summed E-state index contributed by atoms with van der Waals surface area (Å²) in [5.74, 6) is 0.0259. The van der Waals surface area contributed by atoms with E-state index in [-0.39, 0.29) is 5.91 Å². The Kier molecular flexibility index (Phi) is 5.41. The maximum Gasteiger partial charge on any atom is 0.224 e. The average Bonchev–Trinajstić information content (AvgIpc) is 2.89. The third-order valence-corrected chi connectivity index (χ3v) is 4.92. The summed E-state index contributed by atoms with van der Waals surface area (Å²) in [6, 6.07) is 16.6. The second-order valence-corrected chi connectivity index (χ2v) is 6.75. The van der Waals surface area contributed by atoms with E-state index in [0.717, 1.165) is 24.9 Å². The molecule has 1 heterocycles. The third-order valence-electron chi connectivity index (χ3n) is 4.56. The first-order chi connectivity index (χ1) is 11.6. The van der Waals surface area contributed by atoms with Crippen molar-refractivity contribution in [1.82, 2.24) is 5.32 Å². The maximum atomic E-state index is 12.0. The van der Waals surface area contributed by atoms with Crippen LogP contribution in [-0.2, 0) is 17.6 Å². The number of nitrogens with zero attached hydrogens (tertiary/aromatic N) is 1. The van der Waals surface area contributed by atoms with E-state index in [1.54, 1.807) is 0 Å². The molecule has 1 aliphatic rings. The Hall–Kier alpha value is -2.00. The van der Waals surface area contributed by atoms with Gasteiger partial charge in [0, 0.05) is 29.8 Å². The van der Waals surface area contributed by atoms with Crippen LogP contribution in [0.5, 0.6) is 0 Å². The Morgan fingerprint density at radius 1 is 1.21 bits per heavy atom. The van der Waals surface area contributed by atoms with Crippen LogP contribution >= 0.6 is 11.6 Å². The Morgan fingerprint density at radius 3 is 2.79 bits per heavy atom. The van der Waals surface area contributed by atoms with Crippen molar-refractivity contribution in [2.75, 3.05) is 18.0 Å². The number of nitrogens with one attached hydrogen (secondary N) is 1. The SMILES string of the molecule is C[C@H]1Cc2ccccc2N1CCCNC(=O)Cc1ccccc1Cl. The van der Waals surface area contributed by atoms with Gasteiger partial charge in [0.2, 0.25) is 5.91 Å². The Balaban J connectivity index is 1.44. The van der Waals surface area contributed by atoms with Crippen LogP contribution in [0.25, 0.3) is 0 Å². The van der Waals surface area contributed by atoms with Gasteiger partial charge in [-0.2, -0.15) is 0 Å². The topological polar surface area (TPSA) is 32.3 Å². The fraction of sp³-hybridized carbons (Fsp3) is 0.350. The number of rotatable bonds is 6. The summed E-state index contributed by atoms with van der Waals surface area (Å²) >= 11 is 6.09. The van der Waals surface area contributed by atoms with Crippen LogP contribution in [0.3, 0.4) is 0 Å². The number of amides is 1. The predicted octanol–water partition coefficient (Wildman–Crippen LogP) is 3.84. The zero-order chi connectivity index (χ0) is 16.9. The summed E-state index contributed by atoms with van der Waals surface area (Å²) in [5.41, 5.74) is 3.64. The smallest absolute Gasteiger partial charge is 0.224 e. The van der Waals surface area contributed by atoms with Crippen LogP contribution in [0.1, 0.15) is 24.5 Å². The highest BCUT2D eigenvalue weighted by atomic mass is 35.5. The quantitative estimate of drug-likeness (QED) is 0.809. The highest BCUT2D eigenvalue weighted by molar-refractivity contribution is 6.31. The molecule has 0 unspecified atom stereocenters. The average molecular weight is 343 g/mol. The number of hydrogen-bond acceptors (Lipinski definition) is 2. The number of halogens is 1. The van der Waals surface area contributed by atoms with Gasteiger partial charge < -0.3 is 10.2 Å². The van der Waals surface area contributed by atoms with E-state index in [2.05, 4.69) is 41.4 Å². The standard InChI is InChI=1S/C20H23ClN2O/c1-15-13-17-8-3-5-10-19(17)23(15)12-6-11-22-20(24)14-16-7-2-4-9-18(16)21/h2-5,7-10,15H,6,11-14H2,1H3,(H,22,24)/t15-/m0/s1. The first kappa shape index (κ1) is 16.8. The molecule has 0 aliphatic carbocycles. The minimum Gasteiger partial charge on any atom is -0.368 e. The Labute approximate surface area is 148 Å². The van der Waals surface area contributed by atoms with Crippen molar-refractivity contribution in [3.8, 4) is 0 Å². The maximum absolute atomic E-state index is 12.0. The van der Waals surface area contributed by atoms with Gasteiger partial charge in [-0.1, -0.05) is 48.0 Å². The van der Waals surface area contributed by atoms with Gasteiger partial charge in [0.25, 0.3) is 0 Å². The molecule has 1 atom stereocenters. The molecule has 2 aromatic carbocycles. The Bertz CT molecular complexity index is 716. The fourth-order valence-electron chi connectivity index (χ4n) is 3.32. The lowest BCUT2D eigenvalue weighted by atomic mass is 10.1. The van der Waals surface area contributed by atoms with Crippen molar-refractivity contribution in [1.29, 1.82) is 0 Å². The first-order valence-corrected chi connectivity index (χ1v) is 8.87. The van der Waals surface area contributed by atoms with Crippen molar-refractivity contribution >= 4 is 23.2 Å². The number of fused-ring (bicyclic) bond motifs is 1. The molecule has 126 valence electrons. The van der Waals surface area contributed by atoms with Gasteiger partial charge >= 0.3 is 0 Å². The molecule has 0 spiro atoms. The van der Waals surface area contributed by atoms with E-state index in [4.69, 9.17) is 11.6 Å². The van der Waals surface area contributed by atoms with E-state index in [1.165, 1.54) is 11.3 Å². The van der Waals surface area contributed by atoms with Gasteiger partial charge in [0.15, 0.2) is 0 Å². The monoisotopic (exact) mass is 342 g/mol. The molecule has 0 fully saturated rings. The van der Waals surface area contributed by atoms with Gasteiger partial charge in [-0.25, -0.2) is 0 Å². The molecule has 0 saturated heterocycles. The van der Waals surface area contributed by atoms with Crippen LogP contribution in [0.2, 0.25) is 5.02 Å². The Morgan fingerprint density at radius 2 is 1.96 bits per heavy atom. The summed E-state index contributed by atoms with van der Waals surface area (Å²) in [6.45, 7) is 3.91. The summed E-state index contributed by atoms with van der Waals surface area (Å²) < 4.78 is 0. The molecule has 1 aliphatic heterocycles. The summed E-state index contributed by atoms with van der Waals surface area (Å²) in [7, 11) is 0. The van der Waals surface area contributed by atoms with Gasteiger partial charge in [-0.05, 0) is 43.0 Å². The first-order valence-electron chi connectivity index (χ1n) is 8.50. The van der Waals surface area contributed by atoms with Crippen LogP contribution in [-0.4, -0.2) is 25.0 Å². The van der Waals surface area contributed by atoms with Crippen molar-refractivity contribution < 1.29 is 4.79 Å². The zero-order valence-corrected chi connectivity index (χ0v) is 14.7. The molecule has 4 heteroatoms. The molecule has 1 N–H and O–H groups in total. The number of carbonyl (C=O) groups excluding carboxylic acids is 1. The minimum atomic E-state index is 0.0259. The lowest BCUT2D eigenvalue weighted by Gasteiger charge is -2.24. The van der Waals surface area contributed by atoms with Crippen molar-refractivity contribution in [3.05, 3.63) is 64.7 Å². The number of carbonyl (C=O) groups is 1.